The average molecular weight is 974 g/mol. The van der Waals surface area contributed by atoms with Crippen molar-refractivity contribution in [1.82, 2.24) is 36.8 Å². The number of piperidine rings is 1. The van der Waals surface area contributed by atoms with E-state index in [-0.39, 0.29) is 67.3 Å². The summed E-state index contributed by atoms with van der Waals surface area (Å²) >= 11 is 0. The number of rotatable bonds is 16. The van der Waals surface area contributed by atoms with E-state index >= 15 is 0 Å². The summed E-state index contributed by atoms with van der Waals surface area (Å²) in [5, 5.41) is 31.5. The van der Waals surface area contributed by atoms with Crippen LogP contribution in [0.2, 0.25) is 0 Å². The maximum absolute atomic E-state index is 14.8. The van der Waals surface area contributed by atoms with Gasteiger partial charge in [-0.25, -0.2) is 0 Å². The third kappa shape index (κ3) is 12.6. The number of fused-ring (bicyclic) bond motifs is 12. The van der Waals surface area contributed by atoms with Crippen LogP contribution < -0.4 is 59.2 Å². The topological polar surface area (TPSA) is 314 Å². The summed E-state index contributed by atoms with van der Waals surface area (Å²) < 4.78 is 6.10. The molecule has 4 aromatic carbocycles. The highest BCUT2D eigenvalue weighted by molar-refractivity contribution is 5.96. The van der Waals surface area contributed by atoms with E-state index < -0.39 is 90.2 Å². The SMILES string of the molecule is CN[C@H](CC(C)C)C(=O)N[C@@H]1Cc2ccc(cc2)Oc2cc(ccc2O)C(N[C@@H](CN)C(=O)N[C@@H](Cc2ccccc2)C(=O)N2CC3Nc4ccccc4C3C[C@H]2C(N)=O)NC(=O)[C@H](CC(N)=O)NC1=O. The molecule has 0 aliphatic carbocycles. The largest absolute Gasteiger partial charge is 0.504 e. The van der Waals surface area contributed by atoms with Crippen LogP contribution in [0.25, 0.3) is 0 Å². The van der Waals surface area contributed by atoms with Crippen molar-refractivity contribution in [2.75, 3.05) is 25.5 Å². The molecule has 20 heteroatoms. The predicted octanol–water partition coefficient (Wildman–Crippen LogP) is 0.643. The fourth-order valence-corrected chi connectivity index (χ4v) is 9.43. The number of hydrogen-bond donors (Lipinski definition) is 11. The molecule has 4 heterocycles. The van der Waals surface area contributed by atoms with Crippen LogP contribution in [0.1, 0.15) is 67.4 Å². The minimum atomic E-state index is -1.59. The van der Waals surface area contributed by atoms with Crippen LogP contribution in [0.3, 0.4) is 0 Å². The minimum Gasteiger partial charge on any atom is -0.504 e. The van der Waals surface area contributed by atoms with Gasteiger partial charge in [0, 0.05) is 37.5 Å². The fraction of sp³-hybridized carbons (Fsp3) is 0.392. The van der Waals surface area contributed by atoms with Crippen molar-refractivity contribution in [3.8, 4) is 17.2 Å². The first-order chi connectivity index (χ1) is 34.0. The smallest absolute Gasteiger partial charge is 0.246 e. The van der Waals surface area contributed by atoms with Crippen molar-refractivity contribution in [3.05, 3.63) is 119 Å². The number of primary amides is 2. The number of anilines is 1. The van der Waals surface area contributed by atoms with Gasteiger partial charge in [0.1, 0.15) is 42.1 Å². The van der Waals surface area contributed by atoms with Gasteiger partial charge in [-0.2, -0.15) is 0 Å². The maximum atomic E-state index is 14.8. The number of phenols is 1. The van der Waals surface area contributed by atoms with Gasteiger partial charge in [0.2, 0.25) is 41.4 Å². The van der Waals surface area contributed by atoms with Crippen LogP contribution >= 0.6 is 0 Å². The van der Waals surface area contributed by atoms with Gasteiger partial charge >= 0.3 is 0 Å². The van der Waals surface area contributed by atoms with Crippen molar-refractivity contribution in [2.24, 2.45) is 23.1 Å². The zero-order valence-corrected chi connectivity index (χ0v) is 39.9. The molecule has 1 saturated heterocycles. The van der Waals surface area contributed by atoms with Gasteiger partial charge < -0.3 is 63.8 Å². The first kappa shape index (κ1) is 51.3. The molecule has 1 fully saturated rings. The summed E-state index contributed by atoms with van der Waals surface area (Å²) in [4.78, 5) is 98.6. The summed E-state index contributed by atoms with van der Waals surface area (Å²) in [6, 6.07) is 20.3. The van der Waals surface area contributed by atoms with Crippen LogP contribution in [-0.2, 0) is 46.4 Å². The zero-order chi connectivity index (χ0) is 50.9. The van der Waals surface area contributed by atoms with Crippen molar-refractivity contribution >= 4 is 47.0 Å². The Balaban J connectivity index is 1.19. The predicted molar refractivity (Wildman–Crippen MR) is 263 cm³/mol. The Kier molecular flexibility index (Phi) is 16.6. The standard InChI is InChI=1S/C51H63N11O9/c1-27(2)19-35(55-3)47(66)58-36-20-29-13-16-31(17-14-29)71-43-22-30(15-18-42(43)63)46(61-49(68)37(24-44(53)64)59-48(36)67)57-39(25-52)50(69)60-38(21-28-9-5-4-6-10-28)51(70)62-26-40-33(23-41(62)45(54)65)32-11-7-8-12-34(32)56-40/h4-18,22,27,33,35-41,46,55-57,63H,19-21,23-26,52H2,1-3H3,(H2,53,64)(H2,54,65)(H,58,66)(H,59,67)(H,60,69)(H,61,68)/t33?,35-,36-,37+,38+,39+,40?,41+,46?/m1/s1. The number of phenolic OH excluding ortho intramolecular Hbond substituents is 1. The summed E-state index contributed by atoms with van der Waals surface area (Å²) in [5.41, 5.74) is 21.4. The number of para-hydroxylation sites is 1. The van der Waals surface area contributed by atoms with E-state index in [4.69, 9.17) is 21.9 Å². The van der Waals surface area contributed by atoms with E-state index in [0.29, 0.717) is 23.3 Å². The molecule has 7 amide bonds. The Morgan fingerprint density at radius 2 is 1.56 bits per heavy atom. The van der Waals surface area contributed by atoms with E-state index in [0.717, 1.165) is 11.3 Å². The highest BCUT2D eigenvalue weighted by Crippen LogP contribution is 2.42. The summed E-state index contributed by atoms with van der Waals surface area (Å²) in [5.74, 6) is -5.05. The first-order valence-electron chi connectivity index (χ1n) is 23.7. The van der Waals surface area contributed by atoms with Gasteiger partial charge in [-0.15, -0.1) is 0 Å². The van der Waals surface area contributed by atoms with Crippen LogP contribution in [-0.4, -0.2) is 114 Å². The Bertz CT molecular complexity index is 2600. The molecular formula is C51H63N11O9. The third-order valence-corrected chi connectivity index (χ3v) is 13.1. The monoisotopic (exact) mass is 973 g/mol. The molecule has 0 saturated carbocycles. The van der Waals surface area contributed by atoms with Crippen LogP contribution in [0, 0.1) is 5.92 Å². The van der Waals surface area contributed by atoms with Crippen molar-refractivity contribution in [3.63, 3.8) is 0 Å². The number of carbonyl (C=O) groups excluding carboxylic acids is 7. The van der Waals surface area contributed by atoms with Gasteiger partial charge in [0.15, 0.2) is 11.5 Å². The Labute approximate surface area is 411 Å². The molecule has 4 bridgehead atoms. The van der Waals surface area contributed by atoms with Gasteiger partial charge in [0.25, 0.3) is 0 Å². The van der Waals surface area contributed by atoms with Gasteiger partial charge in [-0.05, 0) is 78.4 Å². The lowest BCUT2D eigenvalue weighted by atomic mass is 9.83. The number of carbonyl (C=O) groups is 7. The molecular weight excluding hydrogens is 911 g/mol. The molecule has 9 atom stereocenters. The molecule has 0 spiro atoms. The molecule has 3 unspecified atom stereocenters. The van der Waals surface area contributed by atoms with Crippen molar-refractivity contribution in [2.45, 2.75) is 100 Å². The second kappa shape index (κ2) is 22.9. The molecule has 8 rings (SSSR count). The quantitative estimate of drug-likeness (QED) is 0.0736. The van der Waals surface area contributed by atoms with E-state index in [1.807, 2.05) is 44.2 Å². The van der Waals surface area contributed by atoms with Crippen molar-refractivity contribution < 1.29 is 43.4 Å². The van der Waals surface area contributed by atoms with Gasteiger partial charge in [-0.3, -0.25) is 38.9 Å². The van der Waals surface area contributed by atoms with E-state index in [1.165, 1.54) is 23.1 Å². The first-order valence-corrected chi connectivity index (χ1v) is 23.7. The van der Waals surface area contributed by atoms with Crippen LogP contribution in [0.4, 0.5) is 5.69 Å². The molecule has 14 N–H and O–H groups in total. The van der Waals surface area contributed by atoms with Crippen LogP contribution in [0.5, 0.6) is 17.2 Å². The second-order valence-corrected chi connectivity index (χ2v) is 18.7. The van der Waals surface area contributed by atoms with E-state index in [1.54, 1.807) is 55.6 Å². The van der Waals surface area contributed by atoms with Gasteiger partial charge in [-0.1, -0.05) is 80.6 Å². The van der Waals surface area contributed by atoms with Crippen LogP contribution in [0.15, 0.2) is 97.1 Å². The number of ether oxygens (including phenoxy) is 1. The number of likely N-dealkylation sites (tertiary alicyclic amines) is 1. The summed E-state index contributed by atoms with van der Waals surface area (Å²) in [7, 11) is 1.63. The Morgan fingerprint density at radius 1 is 0.845 bits per heavy atom. The second-order valence-electron chi connectivity index (χ2n) is 18.7. The molecule has 4 aliphatic rings. The number of amides is 7. The van der Waals surface area contributed by atoms with E-state index in [2.05, 4.69) is 37.2 Å². The number of benzene rings is 4. The average Bonchev–Trinajstić information content (AvgIpc) is 3.71. The van der Waals surface area contributed by atoms with Gasteiger partial charge in [0.05, 0.1) is 18.5 Å². The number of nitrogens with zero attached hydrogens (tertiary/aromatic N) is 1. The number of aromatic hydroxyl groups is 1. The molecule has 71 heavy (non-hydrogen) atoms. The molecule has 0 aromatic heterocycles. The molecule has 4 aliphatic heterocycles. The lowest BCUT2D eigenvalue weighted by Gasteiger charge is -2.42. The Morgan fingerprint density at radius 3 is 2.24 bits per heavy atom. The third-order valence-electron chi connectivity index (χ3n) is 13.1. The number of likely N-dealkylation sites (N-methyl/N-ethyl adjacent to an activating group) is 1. The lowest BCUT2D eigenvalue weighted by molar-refractivity contribution is -0.144. The molecule has 0 radical (unpaired) electrons. The molecule has 4 aromatic rings. The minimum absolute atomic E-state index is 0.0233. The normalized spacial score (nSPS) is 22.0. The number of nitrogens with one attached hydrogen (secondary N) is 7. The zero-order valence-electron chi connectivity index (χ0n) is 39.9. The number of nitrogens with two attached hydrogens (primary N) is 3. The fourth-order valence-electron chi connectivity index (χ4n) is 9.43. The lowest BCUT2D eigenvalue weighted by Crippen LogP contribution is -2.63. The summed E-state index contributed by atoms with van der Waals surface area (Å²) in [6.45, 7) is 3.65. The Hall–Kier alpha value is -7.55. The molecule has 376 valence electrons. The van der Waals surface area contributed by atoms with Crippen molar-refractivity contribution in [1.29, 1.82) is 0 Å². The highest BCUT2D eigenvalue weighted by Gasteiger charge is 2.46. The maximum Gasteiger partial charge on any atom is 0.246 e. The molecule has 20 nitrogen and oxygen atoms in total. The number of hydrogen-bond acceptors (Lipinski definition) is 13. The summed E-state index contributed by atoms with van der Waals surface area (Å²) in [6.07, 6.45) is -1.29. The van der Waals surface area contributed by atoms with E-state index in [9.17, 15) is 38.7 Å². The highest BCUT2D eigenvalue weighted by atomic mass is 16.5.